The van der Waals surface area contributed by atoms with Crippen molar-refractivity contribution < 1.29 is 23.8 Å². The minimum absolute atomic E-state index is 0.151. The molecule has 0 saturated carbocycles. The van der Waals surface area contributed by atoms with Crippen molar-refractivity contribution in [3.63, 3.8) is 0 Å². The third-order valence-electron chi connectivity index (χ3n) is 3.08. The Balaban J connectivity index is 2.81. The van der Waals surface area contributed by atoms with Crippen molar-refractivity contribution in [3.05, 3.63) is 29.8 Å². The van der Waals surface area contributed by atoms with E-state index in [1.165, 1.54) is 7.11 Å². The van der Waals surface area contributed by atoms with Crippen molar-refractivity contribution in [1.29, 1.82) is 0 Å². The highest BCUT2D eigenvalue weighted by Gasteiger charge is 2.20. The second-order valence-corrected chi connectivity index (χ2v) is 4.54. The van der Waals surface area contributed by atoms with Crippen LogP contribution in [-0.4, -0.2) is 57.3 Å². The summed E-state index contributed by atoms with van der Waals surface area (Å²) in [7, 11) is 3.08. The van der Waals surface area contributed by atoms with Crippen molar-refractivity contribution in [3.8, 4) is 5.75 Å². The highest BCUT2D eigenvalue weighted by atomic mass is 16.5. The van der Waals surface area contributed by atoms with E-state index in [1.807, 2.05) is 0 Å². The van der Waals surface area contributed by atoms with E-state index in [-0.39, 0.29) is 24.8 Å². The van der Waals surface area contributed by atoms with Crippen molar-refractivity contribution in [2.24, 2.45) is 0 Å². The predicted molar refractivity (Wildman–Crippen MR) is 82.0 cm³/mol. The molecule has 0 aliphatic carbocycles. The molecule has 1 aromatic carbocycles. The molecule has 1 aromatic rings. The lowest BCUT2D eigenvalue weighted by Gasteiger charge is -2.23. The lowest BCUT2D eigenvalue weighted by molar-refractivity contribution is -0.143. The molecule has 22 heavy (non-hydrogen) atoms. The Morgan fingerprint density at radius 3 is 2.50 bits per heavy atom. The van der Waals surface area contributed by atoms with Gasteiger partial charge in [0.05, 0.1) is 32.3 Å². The molecule has 0 bridgehead atoms. The van der Waals surface area contributed by atoms with Crippen LogP contribution in [0, 0.1) is 0 Å². The SMILES string of the molecule is CCOC(=O)CCN(CCOC)C(=O)c1ccccc1OC. The van der Waals surface area contributed by atoms with Crippen molar-refractivity contribution in [2.45, 2.75) is 13.3 Å². The van der Waals surface area contributed by atoms with E-state index in [0.717, 1.165) is 0 Å². The van der Waals surface area contributed by atoms with Gasteiger partial charge in [0, 0.05) is 20.2 Å². The van der Waals surface area contributed by atoms with E-state index < -0.39 is 0 Å². The molecule has 1 amide bonds. The van der Waals surface area contributed by atoms with Crippen LogP contribution in [0.4, 0.5) is 0 Å². The summed E-state index contributed by atoms with van der Waals surface area (Å²) in [6.07, 6.45) is 0.151. The molecule has 0 saturated heterocycles. The minimum Gasteiger partial charge on any atom is -0.496 e. The fourth-order valence-electron chi connectivity index (χ4n) is 1.97. The topological polar surface area (TPSA) is 65.1 Å². The summed E-state index contributed by atoms with van der Waals surface area (Å²) in [5.41, 5.74) is 0.463. The fraction of sp³-hybridized carbons (Fsp3) is 0.500. The minimum atomic E-state index is -0.322. The van der Waals surface area contributed by atoms with E-state index in [2.05, 4.69) is 0 Å². The largest absolute Gasteiger partial charge is 0.496 e. The highest BCUT2D eigenvalue weighted by molar-refractivity contribution is 5.97. The summed E-state index contributed by atoms with van der Waals surface area (Å²) in [5.74, 6) is -0.0115. The van der Waals surface area contributed by atoms with Crippen LogP contribution in [-0.2, 0) is 14.3 Å². The molecular formula is C16H23NO5. The summed E-state index contributed by atoms with van der Waals surface area (Å²) in [6.45, 7) is 3.15. The average molecular weight is 309 g/mol. The summed E-state index contributed by atoms with van der Waals surface area (Å²) < 4.78 is 15.1. The molecule has 0 heterocycles. The maximum absolute atomic E-state index is 12.6. The van der Waals surface area contributed by atoms with Gasteiger partial charge in [0.2, 0.25) is 0 Å². The van der Waals surface area contributed by atoms with Crippen LogP contribution in [0.15, 0.2) is 24.3 Å². The number of methoxy groups -OCH3 is 2. The lowest BCUT2D eigenvalue weighted by atomic mass is 10.1. The monoisotopic (exact) mass is 309 g/mol. The van der Waals surface area contributed by atoms with Gasteiger partial charge >= 0.3 is 5.97 Å². The van der Waals surface area contributed by atoms with E-state index in [4.69, 9.17) is 14.2 Å². The Labute approximate surface area is 131 Å². The predicted octanol–water partition coefficient (Wildman–Crippen LogP) is 1.74. The van der Waals surface area contributed by atoms with Gasteiger partial charge in [-0.3, -0.25) is 9.59 Å². The molecular weight excluding hydrogens is 286 g/mol. The number of carbonyl (C=O) groups excluding carboxylic acids is 2. The third-order valence-corrected chi connectivity index (χ3v) is 3.08. The number of rotatable bonds is 9. The molecule has 122 valence electrons. The Hall–Kier alpha value is -2.08. The van der Waals surface area contributed by atoms with Gasteiger partial charge in [-0.2, -0.15) is 0 Å². The van der Waals surface area contributed by atoms with Gasteiger partial charge in [-0.15, -0.1) is 0 Å². The van der Waals surface area contributed by atoms with Gasteiger partial charge in [-0.25, -0.2) is 0 Å². The molecule has 0 N–H and O–H groups in total. The van der Waals surface area contributed by atoms with Gasteiger partial charge in [-0.05, 0) is 19.1 Å². The number of para-hydroxylation sites is 1. The van der Waals surface area contributed by atoms with E-state index in [1.54, 1.807) is 43.2 Å². The molecule has 0 aliphatic heterocycles. The number of hydrogen-bond acceptors (Lipinski definition) is 5. The summed E-state index contributed by atoms with van der Waals surface area (Å²) >= 11 is 0. The van der Waals surface area contributed by atoms with Crippen LogP contribution in [0.3, 0.4) is 0 Å². The normalized spacial score (nSPS) is 10.1. The third kappa shape index (κ3) is 5.37. The van der Waals surface area contributed by atoms with Crippen LogP contribution in [0.1, 0.15) is 23.7 Å². The number of nitrogens with zero attached hydrogens (tertiary/aromatic N) is 1. The number of carbonyl (C=O) groups is 2. The number of benzene rings is 1. The lowest BCUT2D eigenvalue weighted by Crippen LogP contribution is -2.36. The summed E-state index contributed by atoms with van der Waals surface area (Å²) in [6, 6.07) is 7.00. The smallest absolute Gasteiger partial charge is 0.307 e. The van der Waals surface area contributed by atoms with Gasteiger partial charge in [0.1, 0.15) is 5.75 Å². The first-order chi connectivity index (χ1) is 10.6. The average Bonchev–Trinajstić information content (AvgIpc) is 2.54. The number of ether oxygens (including phenoxy) is 3. The molecule has 1 rings (SSSR count). The molecule has 0 aromatic heterocycles. The summed E-state index contributed by atoms with van der Waals surface area (Å²) in [5, 5.41) is 0. The standard InChI is InChI=1S/C16H23NO5/c1-4-22-15(18)9-10-17(11-12-20-2)16(19)13-7-5-6-8-14(13)21-3/h5-8H,4,9-12H2,1-3H3. The van der Waals surface area contributed by atoms with Crippen LogP contribution >= 0.6 is 0 Å². The van der Waals surface area contributed by atoms with Gasteiger partial charge in [-0.1, -0.05) is 12.1 Å². The van der Waals surface area contributed by atoms with Crippen LogP contribution in [0.2, 0.25) is 0 Å². The van der Waals surface area contributed by atoms with E-state index in [0.29, 0.717) is 31.1 Å². The second kappa shape index (κ2) is 9.78. The Morgan fingerprint density at radius 2 is 1.86 bits per heavy atom. The molecule has 0 spiro atoms. The molecule has 0 unspecified atom stereocenters. The zero-order valence-electron chi connectivity index (χ0n) is 13.3. The zero-order chi connectivity index (χ0) is 16.4. The van der Waals surface area contributed by atoms with Gasteiger partial charge < -0.3 is 19.1 Å². The first kappa shape index (κ1) is 18.0. The van der Waals surface area contributed by atoms with Crippen LogP contribution < -0.4 is 4.74 Å². The molecule has 0 atom stereocenters. The van der Waals surface area contributed by atoms with Crippen molar-refractivity contribution >= 4 is 11.9 Å². The Morgan fingerprint density at radius 1 is 1.14 bits per heavy atom. The van der Waals surface area contributed by atoms with Gasteiger partial charge in [0.15, 0.2) is 0 Å². The first-order valence-corrected chi connectivity index (χ1v) is 7.20. The van der Waals surface area contributed by atoms with Crippen LogP contribution in [0.5, 0.6) is 5.75 Å². The van der Waals surface area contributed by atoms with Crippen molar-refractivity contribution in [1.82, 2.24) is 4.90 Å². The molecule has 0 radical (unpaired) electrons. The van der Waals surface area contributed by atoms with E-state index >= 15 is 0 Å². The maximum Gasteiger partial charge on any atom is 0.307 e. The molecule has 6 heteroatoms. The molecule has 0 aliphatic rings. The molecule has 6 nitrogen and oxygen atoms in total. The Kier molecular flexibility index (Phi) is 7.99. The first-order valence-electron chi connectivity index (χ1n) is 7.20. The quantitative estimate of drug-likeness (QED) is 0.650. The number of amides is 1. The fourth-order valence-corrected chi connectivity index (χ4v) is 1.97. The van der Waals surface area contributed by atoms with E-state index in [9.17, 15) is 9.59 Å². The number of hydrogen-bond donors (Lipinski definition) is 0. The zero-order valence-corrected chi connectivity index (χ0v) is 13.3. The Bertz CT molecular complexity index is 489. The maximum atomic E-state index is 12.6. The summed E-state index contributed by atoms with van der Waals surface area (Å²) in [4.78, 5) is 25.7. The number of esters is 1. The highest BCUT2D eigenvalue weighted by Crippen LogP contribution is 2.19. The van der Waals surface area contributed by atoms with Crippen LogP contribution in [0.25, 0.3) is 0 Å². The molecule has 0 fully saturated rings. The van der Waals surface area contributed by atoms with Gasteiger partial charge in [0.25, 0.3) is 5.91 Å². The van der Waals surface area contributed by atoms with Crippen molar-refractivity contribution in [2.75, 3.05) is 40.5 Å². The second-order valence-electron chi connectivity index (χ2n) is 4.54.